The first kappa shape index (κ1) is 20.6. The average Bonchev–Trinajstić information content (AvgIpc) is 2.72. The third-order valence-electron chi connectivity index (χ3n) is 4.63. The molecule has 0 spiro atoms. The SMILES string of the molecule is COCCN1CCN(c2ccc(NC(=O)OCc3ccccc3)cc2F)CC1=O. The topological polar surface area (TPSA) is 71.1 Å². The fraction of sp³-hybridized carbons (Fsp3) is 0.333. The van der Waals surface area contributed by atoms with E-state index in [-0.39, 0.29) is 24.7 Å². The number of ether oxygens (including phenoxy) is 2. The molecule has 154 valence electrons. The second kappa shape index (κ2) is 9.88. The Hall–Kier alpha value is -3.13. The van der Waals surface area contributed by atoms with Gasteiger partial charge in [-0.2, -0.15) is 0 Å². The standard InChI is InChI=1S/C21H24FN3O4/c1-28-12-11-24-9-10-25(14-20(24)26)19-8-7-17(13-18(19)22)23-21(27)29-15-16-5-3-2-4-6-16/h2-8,13H,9-12,14-15H2,1H3,(H,23,27). The zero-order chi connectivity index (χ0) is 20.6. The van der Waals surface area contributed by atoms with Crippen molar-refractivity contribution in [2.24, 2.45) is 0 Å². The summed E-state index contributed by atoms with van der Waals surface area (Å²) in [5, 5.41) is 2.51. The summed E-state index contributed by atoms with van der Waals surface area (Å²) in [7, 11) is 1.59. The van der Waals surface area contributed by atoms with Crippen molar-refractivity contribution in [2.45, 2.75) is 6.61 Å². The first-order valence-corrected chi connectivity index (χ1v) is 9.35. The maximum atomic E-state index is 14.6. The van der Waals surface area contributed by atoms with Gasteiger partial charge in [0.25, 0.3) is 0 Å². The van der Waals surface area contributed by atoms with E-state index >= 15 is 0 Å². The molecule has 0 unspecified atom stereocenters. The van der Waals surface area contributed by atoms with Gasteiger partial charge in [-0.15, -0.1) is 0 Å². The molecule has 8 heteroatoms. The molecular formula is C21H24FN3O4. The number of benzene rings is 2. The van der Waals surface area contributed by atoms with Crippen molar-refractivity contribution in [3.8, 4) is 0 Å². The number of piperazine rings is 1. The second-order valence-corrected chi connectivity index (χ2v) is 6.65. The van der Waals surface area contributed by atoms with Crippen LogP contribution in [0.1, 0.15) is 5.56 Å². The fourth-order valence-electron chi connectivity index (χ4n) is 3.07. The fourth-order valence-corrected chi connectivity index (χ4v) is 3.07. The molecule has 0 atom stereocenters. The maximum Gasteiger partial charge on any atom is 0.411 e. The molecule has 1 heterocycles. The summed E-state index contributed by atoms with van der Waals surface area (Å²) in [6, 6.07) is 13.6. The van der Waals surface area contributed by atoms with Crippen LogP contribution in [-0.2, 0) is 20.9 Å². The summed E-state index contributed by atoms with van der Waals surface area (Å²) in [6.07, 6.45) is -0.664. The van der Waals surface area contributed by atoms with Gasteiger partial charge in [0.1, 0.15) is 12.4 Å². The summed E-state index contributed by atoms with van der Waals surface area (Å²) in [6.45, 7) is 2.27. The van der Waals surface area contributed by atoms with Crippen LogP contribution in [0.3, 0.4) is 0 Å². The van der Waals surface area contributed by atoms with Crippen LogP contribution in [-0.4, -0.2) is 56.8 Å². The summed E-state index contributed by atoms with van der Waals surface area (Å²) in [4.78, 5) is 27.5. The van der Waals surface area contributed by atoms with Gasteiger partial charge in [-0.25, -0.2) is 9.18 Å². The molecule has 2 aromatic rings. The minimum atomic E-state index is -0.664. The van der Waals surface area contributed by atoms with Gasteiger partial charge in [0.05, 0.1) is 18.8 Å². The molecule has 1 saturated heterocycles. The van der Waals surface area contributed by atoms with Gasteiger partial charge in [-0.1, -0.05) is 30.3 Å². The molecule has 0 bridgehead atoms. The molecule has 2 aromatic carbocycles. The Morgan fingerprint density at radius 1 is 1.17 bits per heavy atom. The lowest BCUT2D eigenvalue weighted by molar-refractivity contribution is -0.131. The van der Waals surface area contributed by atoms with E-state index in [1.165, 1.54) is 6.07 Å². The Labute approximate surface area is 169 Å². The zero-order valence-electron chi connectivity index (χ0n) is 16.3. The van der Waals surface area contributed by atoms with Crippen LogP contribution in [0, 0.1) is 5.82 Å². The predicted octanol–water partition coefficient (Wildman–Crippen LogP) is 2.87. The summed E-state index contributed by atoms with van der Waals surface area (Å²) in [5.74, 6) is -0.580. The van der Waals surface area contributed by atoms with Crippen LogP contribution in [0.25, 0.3) is 0 Å². The molecule has 1 aliphatic rings. The molecule has 1 fully saturated rings. The molecule has 0 radical (unpaired) electrons. The highest BCUT2D eigenvalue weighted by atomic mass is 19.1. The lowest BCUT2D eigenvalue weighted by atomic mass is 10.2. The molecular weight excluding hydrogens is 377 g/mol. The highest BCUT2D eigenvalue weighted by Gasteiger charge is 2.25. The van der Waals surface area contributed by atoms with Crippen molar-refractivity contribution in [1.29, 1.82) is 0 Å². The number of hydrogen-bond donors (Lipinski definition) is 1. The molecule has 0 aliphatic carbocycles. The molecule has 2 amide bonds. The highest BCUT2D eigenvalue weighted by molar-refractivity contribution is 5.86. The van der Waals surface area contributed by atoms with Gasteiger partial charge in [0.15, 0.2) is 0 Å². The van der Waals surface area contributed by atoms with Crippen LogP contribution in [0.2, 0.25) is 0 Å². The van der Waals surface area contributed by atoms with E-state index in [0.717, 1.165) is 5.56 Å². The number of halogens is 1. The third kappa shape index (κ3) is 5.68. The average molecular weight is 401 g/mol. The van der Waals surface area contributed by atoms with Crippen molar-refractivity contribution < 1.29 is 23.5 Å². The van der Waals surface area contributed by atoms with Crippen molar-refractivity contribution in [3.63, 3.8) is 0 Å². The van der Waals surface area contributed by atoms with Crippen molar-refractivity contribution in [2.75, 3.05) is 50.1 Å². The number of nitrogens with zero attached hydrogens (tertiary/aromatic N) is 2. The molecule has 1 N–H and O–H groups in total. The first-order chi connectivity index (χ1) is 14.1. The predicted molar refractivity (Wildman–Crippen MR) is 107 cm³/mol. The van der Waals surface area contributed by atoms with E-state index in [2.05, 4.69) is 5.32 Å². The smallest absolute Gasteiger partial charge is 0.411 e. The minimum Gasteiger partial charge on any atom is -0.444 e. The van der Waals surface area contributed by atoms with E-state index in [4.69, 9.17) is 9.47 Å². The Balaban J connectivity index is 1.55. The largest absolute Gasteiger partial charge is 0.444 e. The van der Waals surface area contributed by atoms with Crippen LogP contribution in [0.4, 0.5) is 20.6 Å². The van der Waals surface area contributed by atoms with Crippen LogP contribution in [0.5, 0.6) is 0 Å². The first-order valence-electron chi connectivity index (χ1n) is 9.35. The highest BCUT2D eigenvalue weighted by Crippen LogP contribution is 2.24. The number of carbonyl (C=O) groups is 2. The molecule has 0 aromatic heterocycles. The number of methoxy groups -OCH3 is 1. The van der Waals surface area contributed by atoms with Gasteiger partial charge in [-0.3, -0.25) is 10.1 Å². The van der Waals surface area contributed by atoms with Gasteiger partial charge >= 0.3 is 6.09 Å². The van der Waals surface area contributed by atoms with Crippen LogP contribution >= 0.6 is 0 Å². The Morgan fingerprint density at radius 2 is 1.97 bits per heavy atom. The van der Waals surface area contributed by atoms with E-state index in [1.807, 2.05) is 30.3 Å². The van der Waals surface area contributed by atoms with Gasteiger partial charge in [0.2, 0.25) is 5.91 Å². The number of rotatable bonds is 7. The lowest BCUT2D eigenvalue weighted by Gasteiger charge is -2.35. The molecule has 1 aliphatic heterocycles. The normalized spacial score (nSPS) is 14.1. The quantitative estimate of drug-likeness (QED) is 0.773. The van der Waals surface area contributed by atoms with Crippen LogP contribution < -0.4 is 10.2 Å². The van der Waals surface area contributed by atoms with Gasteiger partial charge in [-0.05, 0) is 23.8 Å². The van der Waals surface area contributed by atoms with Gasteiger partial charge in [0, 0.05) is 32.4 Å². The van der Waals surface area contributed by atoms with E-state index in [1.54, 1.807) is 29.0 Å². The molecule has 3 rings (SSSR count). The van der Waals surface area contributed by atoms with E-state index in [9.17, 15) is 14.0 Å². The number of amides is 2. The Kier molecular flexibility index (Phi) is 7.02. The number of anilines is 2. The van der Waals surface area contributed by atoms with Crippen molar-refractivity contribution >= 4 is 23.4 Å². The molecule has 29 heavy (non-hydrogen) atoms. The van der Waals surface area contributed by atoms with E-state index in [0.29, 0.717) is 31.9 Å². The minimum absolute atomic E-state index is 0.0700. The lowest BCUT2D eigenvalue weighted by Crippen LogP contribution is -2.51. The summed E-state index contributed by atoms with van der Waals surface area (Å²) < 4.78 is 24.7. The summed E-state index contributed by atoms with van der Waals surface area (Å²) >= 11 is 0. The molecule has 7 nitrogen and oxygen atoms in total. The zero-order valence-corrected chi connectivity index (χ0v) is 16.3. The maximum absolute atomic E-state index is 14.6. The number of carbonyl (C=O) groups excluding carboxylic acids is 2. The number of nitrogens with one attached hydrogen (secondary N) is 1. The van der Waals surface area contributed by atoms with Crippen molar-refractivity contribution in [3.05, 3.63) is 59.9 Å². The number of hydrogen-bond acceptors (Lipinski definition) is 5. The Bertz CT molecular complexity index is 847. The van der Waals surface area contributed by atoms with Crippen LogP contribution in [0.15, 0.2) is 48.5 Å². The molecule has 0 saturated carbocycles. The second-order valence-electron chi connectivity index (χ2n) is 6.65. The van der Waals surface area contributed by atoms with E-state index < -0.39 is 11.9 Å². The third-order valence-corrected chi connectivity index (χ3v) is 4.63. The Morgan fingerprint density at radius 3 is 2.66 bits per heavy atom. The monoisotopic (exact) mass is 401 g/mol. The van der Waals surface area contributed by atoms with Crippen molar-refractivity contribution in [1.82, 2.24) is 4.90 Å². The van der Waals surface area contributed by atoms with Gasteiger partial charge < -0.3 is 19.3 Å². The summed E-state index contributed by atoms with van der Waals surface area (Å²) in [5.41, 5.74) is 1.47.